The van der Waals surface area contributed by atoms with E-state index in [-0.39, 0.29) is 11.7 Å². The topological polar surface area (TPSA) is 58.2 Å². The molecule has 5 nitrogen and oxygen atoms in total. The average Bonchev–Trinajstić information content (AvgIpc) is 2.43. The van der Waals surface area contributed by atoms with E-state index in [1.807, 2.05) is 24.3 Å². The first kappa shape index (κ1) is 13.3. The number of hydrogen-bond donors (Lipinski definition) is 1. The van der Waals surface area contributed by atoms with Gasteiger partial charge < -0.3 is 9.72 Å². The summed E-state index contributed by atoms with van der Waals surface area (Å²) in [4.78, 5) is 21.8. The highest BCUT2D eigenvalue weighted by Gasteiger charge is 2.24. The highest BCUT2D eigenvalue weighted by molar-refractivity contribution is 5.73. The Bertz CT molecular complexity index is 667. The van der Waals surface area contributed by atoms with Gasteiger partial charge in [-0.3, -0.25) is 9.69 Å². The smallest absolute Gasteiger partial charge is 0.271 e. The molecule has 1 N–H and O–H groups in total. The highest BCUT2D eigenvalue weighted by atomic mass is 16.5. The van der Waals surface area contributed by atoms with Gasteiger partial charge in [-0.05, 0) is 26.0 Å². The van der Waals surface area contributed by atoms with Crippen molar-refractivity contribution in [1.82, 2.24) is 14.9 Å². The minimum absolute atomic E-state index is 0.102. The van der Waals surface area contributed by atoms with E-state index in [9.17, 15) is 4.79 Å². The maximum atomic E-state index is 12.1. The number of para-hydroxylation sites is 2. The molecular formula is C15H19N3O2. The molecule has 0 aliphatic carbocycles. The minimum Gasteiger partial charge on any atom is -0.376 e. The second kappa shape index (κ2) is 5.34. The van der Waals surface area contributed by atoms with Crippen molar-refractivity contribution >= 4 is 11.0 Å². The molecule has 0 unspecified atom stereocenters. The van der Waals surface area contributed by atoms with E-state index in [4.69, 9.17) is 4.74 Å². The zero-order valence-corrected chi connectivity index (χ0v) is 11.8. The van der Waals surface area contributed by atoms with Crippen molar-refractivity contribution in [3.05, 3.63) is 40.3 Å². The van der Waals surface area contributed by atoms with Crippen LogP contribution < -0.4 is 5.56 Å². The first-order chi connectivity index (χ1) is 9.63. The Hall–Kier alpha value is -1.72. The molecule has 3 rings (SSSR count). The number of H-pyrrole nitrogens is 1. The Morgan fingerprint density at radius 2 is 2.20 bits per heavy atom. The van der Waals surface area contributed by atoms with Crippen molar-refractivity contribution in [3.63, 3.8) is 0 Å². The van der Waals surface area contributed by atoms with Crippen LogP contribution in [-0.2, 0) is 11.3 Å². The number of aromatic amines is 1. The molecular weight excluding hydrogens is 254 g/mol. The van der Waals surface area contributed by atoms with Crippen LogP contribution in [0.25, 0.3) is 11.0 Å². The number of aromatic nitrogens is 2. The van der Waals surface area contributed by atoms with Crippen molar-refractivity contribution in [1.29, 1.82) is 0 Å². The van der Waals surface area contributed by atoms with Gasteiger partial charge in [-0.2, -0.15) is 0 Å². The first-order valence-electron chi connectivity index (χ1n) is 6.97. The summed E-state index contributed by atoms with van der Waals surface area (Å²) in [6.45, 7) is 6.26. The lowest BCUT2D eigenvalue weighted by molar-refractivity contribution is -0.0531. The molecule has 0 radical (unpaired) electrons. The van der Waals surface area contributed by atoms with Crippen molar-refractivity contribution in [2.45, 2.75) is 32.5 Å². The Kier molecular flexibility index (Phi) is 3.54. The van der Waals surface area contributed by atoms with Crippen LogP contribution in [0, 0.1) is 0 Å². The summed E-state index contributed by atoms with van der Waals surface area (Å²) in [5.41, 5.74) is 2.08. The third kappa shape index (κ3) is 2.59. The molecule has 0 saturated carbocycles. The van der Waals surface area contributed by atoms with Gasteiger partial charge in [0.25, 0.3) is 5.56 Å². The number of hydrogen-bond acceptors (Lipinski definition) is 4. The molecule has 1 aromatic heterocycles. The van der Waals surface area contributed by atoms with E-state index in [1.54, 1.807) is 0 Å². The third-order valence-corrected chi connectivity index (χ3v) is 3.76. The van der Waals surface area contributed by atoms with Gasteiger partial charge in [0.05, 0.1) is 23.7 Å². The van der Waals surface area contributed by atoms with Crippen LogP contribution >= 0.6 is 0 Å². The fraction of sp³-hybridized carbons (Fsp3) is 0.467. The van der Waals surface area contributed by atoms with Gasteiger partial charge in [0.2, 0.25) is 0 Å². The monoisotopic (exact) mass is 273 g/mol. The summed E-state index contributed by atoms with van der Waals surface area (Å²) in [6, 6.07) is 7.91. The summed E-state index contributed by atoms with van der Waals surface area (Å²) < 4.78 is 5.61. The molecule has 2 heterocycles. The molecule has 0 bridgehead atoms. The van der Waals surface area contributed by atoms with Crippen molar-refractivity contribution in [3.8, 4) is 0 Å². The molecule has 1 fully saturated rings. The fourth-order valence-electron chi connectivity index (χ4n) is 2.56. The van der Waals surface area contributed by atoms with Gasteiger partial charge in [0, 0.05) is 19.1 Å². The van der Waals surface area contributed by atoms with E-state index in [0.29, 0.717) is 24.9 Å². The summed E-state index contributed by atoms with van der Waals surface area (Å²) in [5.74, 6) is 0. The Labute approximate surface area is 117 Å². The number of ether oxygens (including phenoxy) is 1. The number of morpholine rings is 1. The maximum Gasteiger partial charge on any atom is 0.271 e. The SMILES string of the molecule is C[C@@H]1CN(Cc2nc3ccccc3[nH]c2=O)[C@H](C)CO1. The summed E-state index contributed by atoms with van der Waals surface area (Å²) in [7, 11) is 0. The Morgan fingerprint density at radius 1 is 1.40 bits per heavy atom. The predicted octanol–water partition coefficient (Wildman–Crippen LogP) is 1.53. The van der Waals surface area contributed by atoms with E-state index in [1.165, 1.54) is 0 Å². The lowest BCUT2D eigenvalue weighted by Crippen LogP contribution is -2.47. The lowest BCUT2D eigenvalue weighted by atomic mass is 10.2. The molecule has 20 heavy (non-hydrogen) atoms. The largest absolute Gasteiger partial charge is 0.376 e. The van der Waals surface area contributed by atoms with Crippen LogP contribution in [-0.4, -0.2) is 40.2 Å². The van der Waals surface area contributed by atoms with Crippen LogP contribution in [0.5, 0.6) is 0 Å². The first-order valence-corrected chi connectivity index (χ1v) is 6.97. The second-order valence-corrected chi connectivity index (χ2v) is 5.45. The predicted molar refractivity (Wildman–Crippen MR) is 77.6 cm³/mol. The van der Waals surface area contributed by atoms with E-state index < -0.39 is 0 Å². The van der Waals surface area contributed by atoms with E-state index in [2.05, 4.69) is 28.7 Å². The molecule has 1 aliphatic rings. The molecule has 106 valence electrons. The van der Waals surface area contributed by atoms with Crippen molar-refractivity contribution < 1.29 is 4.74 Å². The maximum absolute atomic E-state index is 12.1. The second-order valence-electron chi connectivity index (χ2n) is 5.45. The van der Waals surface area contributed by atoms with Crippen molar-refractivity contribution in [2.24, 2.45) is 0 Å². The summed E-state index contributed by atoms with van der Waals surface area (Å²) in [5, 5.41) is 0. The highest BCUT2D eigenvalue weighted by Crippen LogP contribution is 2.14. The van der Waals surface area contributed by atoms with E-state index >= 15 is 0 Å². The fourth-order valence-corrected chi connectivity index (χ4v) is 2.56. The average molecular weight is 273 g/mol. The Morgan fingerprint density at radius 3 is 3.05 bits per heavy atom. The number of fused-ring (bicyclic) bond motifs is 1. The van der Waals surface area contributed by atoms with Gasteiger partial charge >= 0.3 is 0 Å². The van der Waals surface area contributed by atoms with Gasteiger partial charge in [0.1, 0.15) is 5.69 Å². The molecule has 1 aliphatic heterocycles. The van der Waals surface area contributed by atoms with Crippen LogP contribution in [0.15, 0.2) is 29.1 Å². The number of rotatable bonds is 2. The lowest BCUT2D eigenvalue weighted by Gasteiger charge is -2.36. The zero-order valence-electron chi connectivity index (χ0n) is 11.8. The number of benzene rings is 1. The van der Waals surface area contributed by atoms with Gasteiger partial charge in [0.15, 0.2) is 0 Å². The summed E-state index contributed by atoms with van der Waals surface area (Å²) in [6.07, 6.45) is 0.200. The van der Waals surface area contributed by atoms with Gasteiger partial charge in [-0.25, -0.2) is 4.98 Å². The summed E-state index contributed by atoms with van der Waals surface area (Å²) >= 11 is 0. The third-order valence-electron chi connectivity index (χ3n) is 3.76. The Balaban J connectivity index is 1.90. The molecule has 2 aromatic rings. The van der Waals surface area contributed by atoms with Gasteiger partial charge in [-0.15, -0.1) is 0 Å². The van der Waals surface area contributed by atoms with Crippen LogP contribution in [0.4, 0.5) is 0 Å². The van der Waals surface area contributed by atoms with Crippen LogP contribution in [0.1, 0.15) is 19.5 Å². The van der Waals surface area contributed by atoms with Crippen molar-refractivity contribution in [2.75, 3.05) is 13.2 Å². The number of nitrogens with one attached hydrogen (secondary N) is 1. The quantitative estimate of drug-likeness (QED) is 0.901. The molecule has 0 amide bonds. The molecule has 1 saturated heterocycles. The molecule has 1 aromatic carbocycles. The molecule has 5 heteroatoms. The molecule has 0 spiro atoms. The minimum atomic E-state index is -0.102. The van der Waals surface area contributed by atoms with E-state index in [0.717, 1.165) is 17.6 Å². The standard InChI is InChI=1S/C15H19N3O2/c1-10-9-20-11(2)7-18(10)8-14-15(19)17-13-6-4-3-5-12(13)16-14/h3-6,10-11H,7-9H2,1-2H3,(H,17,19)/t10-,11-/m1/s1. The molecule has 2 atom stereocenters. The van der Waals surface area contributed by atoms with Crippen LogP contribution in [0.2, 0.25) is 0 Å². The van der Waals surface area contributed by atoms with Crippen LogP contribution in [0.3, 0.4) is 0 Å². The normalized spacial score (nSPS) is 24.1. The zero-order chi connectivity index (χ0) is 14.1. The van der Waals surface area contributed by atoms with Gasteiger partial charge in [-0.1, -0.05) is 12.1 Å². The number of nitrogens with zero attached hydrogens (tertiary/aromatic N) is 2.